The molecule has 0 unspecified atom stereocenters. The molecule has 0 bridgehead atoms. The topological polar surface area (TPSA) is 50.4 Å². The summed E-state index contributed by atoms with van der Waals surface area (Å²) in [5.74, 6) is -0.561. The molecule has 2 rings (SSSR count). The summed E-state index contributed by atoms with van der Waals surface area (Å²) in [6, 6.07) is 6.08. The van der Waals surface area contributed by atoms with Gasteiger partial charge in [0.05, 0.1) is 0 Å². The van der Waals surface area contributed by atoms with E-state index in [0.29, 0.717) is 6.54 Å². The summed E-state index contributed by atoms with van der Waals surface area (Å²) >= 11 is 0. The molecule has 0 aliphatic carbocycles. The van der Waals surface area contributed by atoms with Crippen LogP contribution in [-0.2, 0) is 4.79 Å². The molecule has 1 amide bonds. The summed E-state index contributed by atoms with van der Waals surface area (Å²) in [6.45, 7) is 4.62. The van der Waals surface area contributed by atoms with Crippen LogP contribution in [0.15, 0.2) is 24.3 Å². The van der Waals surface area contributed by atoms with E-state index in [-0.39, 0.29) is 23.7 Å². The predicted octanol–water partition coefficient (Wildman–Crippen LogP) is 1.71. The Morgan fingerprint density at radius 3 is 2.80 bits per heavy atom. The van der Waals surface area contributed by atoms with Crippen molar-refractivity contribution in [2.75, 3.05) is 26.2 Å². The number of hydrogen-bond donors (Lipinski definition) is 2. The maximum absolute atomic E-state index is 13.3. The number of carbonyl (C=O) groups is 1. The first-order valence-corrected chi connectivity index (χ1v) is 6.94. The fourth-order valence-electron chi connectivity index (χ4n) is 2.28. The van der Waals surface area contributed by atoms with Gasteiger partial charge < -0.3 is 15.4 Å². The monoisotopic (exact) mass is 280 g/mol. The maximum atomic E-state index is 13.3. The van der Waals surface area contributed by atoms with Gasteiger partial charge in [0.1, 0.15) is 0 Å². The number of halogens is 1. The minimum atomic E-state index is -0.453. The Morgan fingerprint density at radius 2 is 2.10 bits per heavy atom. The van der Waals surface area contributed by atoms with E-state index in [2.05, 4.69) is 17.6 Å². The normalized spacial score (nSPS) is 17.5. The first-order valence-electron chi connectivity index (χ1n) is 6.94. The van der Waals surface area contributed by atoms with Crippen LogP contribution in [0.3, 0.4) is 0 Å². The smallest absolute Gasteiger partial charge is 0.257 e. The van der Waals surface area contributed by atoms with Crippen molar-refractivity contribution >= 4 is 5.91 Å². The summed E-state index contributed by atoms with van der Waals surface area (Å²) in [6.07, 6.45) is 2.09. The highest BCUT2D eigenvalue weighted by Crippen LogP contribution is 2.26. The fourth-order valence-corrected chi connectivity index (χ4v) is 2.28. The van der Waals surface area contributed by atoms with Crippen LogP contribution >= 0.6 is 0 Å². The number of amides is 1. The van der Waals surface area contributed by atoms with Gasteiger partial charge in [0.15, 0.2) is 18.2 Å². The SMILES string of the molecule is CC1(CNC(=O)COc2ccccc2F)CCNCC1. The van der Waals surface area contributed by atoms with Crippen molar-refractivity contribution in [1.82, 2.24) is 10.6 Å². The standard InChI is InChI=1S/C15H21FN2O2/c1-15(6-8-17-9-7-15)11-18-14(19)10-20-13-5-3-2-4-12(13)16/h2-5,17H,6-11H2,1H3,(H,18,19). The van der Waals surface area contributed by atoms with Gasteiger partial charge in [0.25, 0.3) is 5.91 Å². The van der Waals surface area contributed by atoms with Crippen molar-refractivity contribution in [3.63, 3.8) is 0 Å². The van der Waals surface area contributed by atoms with Gasteiger partial charge in [-0.25, -0.2) is 4.39 Å². The lowest BCUT2D eigenvalue weighted by Crippen LogP contribution is -2.43. The van der Waals surface area contributed by atoms with E-state index in [0.717, 1.165) is 25.9 Å². The first kappa shape index (κ1) is 14.8. The molecule has 20 heavy (non-hydrogen) atoms. The van der Waals surface area contributed by atoms with Gasteiger partial charge in [-0.05, 0) is 43.5 Å². The Morgan fingerprint density at radius 1 is 1.40 bits per heavy atom. The van der Waals surface area contributed by atoms with Gasteiger partial charge in [0.2, 0.25) is 0 Å². The molecule has 1 aromatic rings. The number of hydrogen-bond acceptors (Lipinski definition) is 3. The van der Waals surface area contributed by atoms with Crippen LogP contribution in [0.1, 0.15) is 19.8 Å². The molecule has 0 radical (unpaired) electrons. The van der Waals surface area contributed by atoms with E-state index in [4.69, 9.17) is 4.74 Å². The average Bonchev–Trinajstić information content (AvgIpc) is 2.45. The highest BCUT2D eigenvalue weighted by molar-refractivity contribution is 5.77. The van der Waals surface area contributed by atoms with Crippen molar-refractivity contribution in [2.45, 2.75) is 19.8 Å². The van der Waals surface area contributed by atoms with Crippen LogP contribution in [0.25, 0.3) is 0 Å². The molecule has 1 aliphatic heterocycles. The molecule has 1 aromatic carbocycles. The van der Waals surface area contributed by atoms with E-state index >= 15 is 0 Å². The van der Waals surface area contributed by atoms with E-state index in [1.165, 1.54) is 12.1 Å². The zero-order valence-corrected chi connectivity index (χ0v) is 11.7. The lowest BCUT2D eigenvalue weighted by molar-refractivity contribution is -0.123. The number of piperidine rings is 1. The summed E-state index contributed by atoms with van der Waals surface area (Å²) in [5, 5.41) is 6.17. The maximum Gasteiger partial charge on any atom is 0.257 e. The van der Waals surface area contributed by atoms with E-state index in [1.807, 2.05) is 0 Å². The third-order valence-electron chi connectivity index (χ3n) is 3.72. The summed E-state index contributed by atoms with van der Waals surface area (Å²) in [5.41, 5.74) is 0.138. The largest absolute Gasteiger partial charge is 0.481 e. The molecule has 1 heterocycles. The molecule has 5 heteroatoms. The summed E-state index contributed by atoms with van der Waals surface area (Å²) in [7, 11) is 0. The molecule has 110 valence electrons. The highest BCUT2D eigenvalue weighted by Gasteiger charge is 2.26. The minimum Gasteiger partial charge on any atom is -0.481 e. The average molecular weight is 280 g/mol. The quantitative estimate of drug-likeness (QED) is 0.863. The zero-order chi connectivity index (χ0) is 14.4. The van der Waals surface area contributed by atoms with Gasteiger partial charge in [-0.3, -0.25) is 4.79 Å². The van der Waals surface area contributed by atoms with Crippen molar-refractivity contribution in [3.8, 4) is 5.75 Å². The lowest BCUT2D eigenvalue weighted by atomic mass is 9.81. The number of nitrogens with one attached hydrogen (secondary N) is 2. The highest BCUT2D eigenvalue weighted by atomic mass is 19.1. The van der Waals surface area contributed by atoms with Gasteiger partial charge in [-0.2, -0.15) is 0 Å². The Labute approximate surface area is 118 Å². The van der Waals surface area contributed by atoms with Crippen LogP contribution in [0.4, 0.5) is 4.39 Å². The lowest BCUT2D eigenvalue weighted by Gasteiger charge is -2.34. The van der Waals surface area contributed by atoms with Crippen LogP contribution in [0.2, 0.25) is 0 Å². The second-order valence-corrected chi connectivity index (χ2v) is 5.56. The summed E-state index contributed by atoms with van der Waals surface area (Å²) in [4.78, 5) is 11.7. The van der Waals surface area contributed by atoms with Crippen molar-refractivity contribution in [3.05, 3.63) is 30.1 Å². The molecule has 1 fully saturated rings. The third-order valence-corrected chi connectivity index (χ3v) is 3.72. The molecule has 1 saturated heterocycles. The zero-order valence-electron chi connectivity index (χ0n) is 11.7. The molecule has 4 nitrogen and oxygen atoms in total. The molecule has 2 N–H and O–H groups in total. The van der Waals surface area contributed by atoms with Crippen LogP contribution in [0.5, 0.6) is 5.75 Å². The number of ether oxygens (including phenoxy) is 1. The summed E-state index contributed by atoms with van der Waals surface area (Å²) < 4.78 is 18.5. The Balaban J connectivity index is 1.74. The van der Waals surface area contributed by atoms with E-state index in [9.17, 15) is 9.18 Å². The van der Waals surface area contributed by atoms with Crippen molar-refractivity contribution in [2.24, 2.45) is 5.41 Å². The first-order chi connectivity index (χ1) is 9.59. The van der Waals surface area contributed by atoms with Gasteiger partial charge in [-0.1, -0.05) is 19.1 Å². The second-order valence-electron chi connectivity index (χ2n) is 5.56. The molecule has 0 spiro atoms. The van der Waals surface area contributed by atoms with Crippen LogP contribution in [-0.4, -0.2) is 32.1 Å². The molecule has 1 aliphatic rings. The fraction of sp³-hybridized carbons (Fsp3) is 0.533. The Kier molecular flexibility index (Phi) is 4.95. The van der Waals surface area contributed by atoms with Gasteiger partial charge in [0, 0.05) is 6.54 Å². The van der Waals surface area contributed by atoms with Crippen molar-refractivity contribution in [1.29, 1.82) is 0 Å². The molecule has 0 aromatic heterocycles. The number of benzene rings is 1. The van der Waals surface area contributed by atoms with E-state index in [1.54, 1.807) is 12.1 Å². The van der Waals surface area contributed by atoms with Crippen LogP contribution in [0, 0.1) is 11.2 Å². The van der Waals surface area contributed by atoms with Gasteiger partial charge in [-0.15, -0.1) is 0 Å². The van der Waals surface area contributed by atoms with E-state index < -0.39 is 5.82 Å². The van der Waals surface area contributed by atoms with Crippen molar-refractivity contribution < 1.29 is 13.9 Å². The third kappa shape index (κ3) is 4.20. The molecule has 0 saturated carbocycles. The number of para-hydroxylation sites is 1. The van der Waals surface area contributed by atoms with Gasteiger partial charge >= 0.3 is 0 Å². The van der Waals surface area contributed by atoms with Crippen LogP contribution < -0.4 is 15.4 Å². The predicted molar refractivity (Wildman–Crippen MR) is 75.1 cm³/mol. The number of carbonyl (C=O) groups excluding carboxylic acids is 1. The molecule has 0 atom stereocenters. The Bertz CT molecular complexity index is 459. The minimum absolute atomic E-state index is 0.107. The second kappa shape index (κ2) is 6.70. The molecular weight excluding hydrogens is 259 g/mol. The number of rotatable bonds is 5. The Hall–Kier alpha value is -1.62. The molecular formula is C15H21FN2O2.